The Morgan fingerprint density at radius 3 is 1.65 bits per heavy atom. The van der Waals surface area contributed by atoms with Crippen molar-refractivity contribution in [2.24, 2.45) is 0 Å². The van der Waals surface area contributed by atoms with Gasteiger partial charge in [-0.2, -0.15) is 0 Å². The van der Waals surface area contributed by atoms with Crippen molar-refractivity contribution in [2.45, 2.75) is 32.2 Å². The monoisotopic (exact) mass is 386 g/mol. The second-order valence-electron chi connectivity index (χ2n) is 6.14. The van der Waals surface area contributed by atoms with Gasteiger partial charge in [0, 0.05) is 11.5 Å². The molecule has 3 rings (SSSR count). The Hall–Kier alpha value is -0.380. The molecule has 2 unspecified atom stereocenters. The van der Waals surface area contributed by atoms with Crippen LogP contribution in [0.3, 0.4) is 0 Å². The zero-order chi connectivity index (χ0) is 17.0. The van der Waals surface area contributed by atoms with Crippen LogP contribution >= 0.6 is 48.0 Å². The SMILES string of the molecule is Cc1c(N2C(=S)SCC2(C)O)cccc1N1C(=S)SCC1(C)O. The summed E-state index contributed by atoms with van der Waals surface area (Å²) in [5, 5.41) is 21.3. The fourth-order valence-electron chi connectivity index (χ4n) is 2.86. The van der Waals surface area contributed by atoms with E-state index in [1.54, 1.807) is 23.6 Å². The van der Waals surface area contributed by atoms with E-state index in [1.807, 2.05) is 25.1 Å². The summed E-state index contributed by atoms with van der Waals surface area (Å²) in [7, 11) is 0. The zero-order valence-corrected chi connectivity index (χ0v) is 16.3. The molecule has 2 fully saturated rings. The number of aliphatic hydroxyl groups is 2. The van der Waals surface area contributed by atoms with Gasteiger partial charge in [0.25, 0.3) is 0 Å². The van der Waals surface area contributed by atoms with Crippen LogP contribution in [0.4, 0.5) is 11.4 Å². The standard InChI is InChI=1S/C15H18N2O2S4/c1-9-10(16-12(20)22-7-14(16,2)18)5-4-6-11(9)17-13(21)23-8-15(17,3)19/h4-6,18-19H,7-8H2,1-3H3. The summed E-state index contributed by atoms with van der Waals surface area (Å²) in [5.74, 6) is 1.07. The molecule has 23 heavy (non-hydrogen) atoms. The van der Waals surface area contributed by atoms with Crippen molar-refractivity contribution in [2.75, 3.05) is 21.3 Å². The van der Waals surface area contributed by atoms with Crippen molar-refractivity contribution < 1.29 is 10.2 Å². The number of thiocarbonyl (C=S) groups is 2. The molecule has 2 N–H and O–H groups in total. The van der Waals surface area contributed by atoms with Gasteiger partial charge in [-0.05, 0) is 38.5 Å². The third-order valence-corrected chi connectivity index (χ3v) is 7.34. The van der Waals surface area contributed by atoms with Gasteiger partial charge >= 0.3 is 0 Å². The summed E-state index contributed by atoms with van der Waals surface area (Å²) in [4.78, 5) is 3.57. The molecular formula is C15H18N2O2S4. The molecule has 2 heterocycles. The minimum Gasteiger partial charge on any atom is -0.370 e. The van der Waals surface area contributed by atoms with Crippen LogP contribution in [-0.2, 0) is 0 Å². The molecule has 124 valence electrons. The number of benzene rings is 1. The first-order valence-electron chi connectivity index (χ1n) is 7.13. The highest BCUT2D eigenvalue weighted by Crippen LogP contribution is 2.43. The molecule has 0 bridgehead atoms. The summed E-state index contributed by atoms with van der Waals surface area (Å²) in [6, 6.07) is 5.78. The fraction of sp³-hybridized carbons (Fsp3) is 0.467. The second-order valence-corrected chi connectivity index (χ2v) is 9.35. The van der Waals surface area contributed by atoms with E-state index >= 15 is 0 Å². The summed E-state index contributed by atoms with van der Waals surface area (Å²) >= 11 is 13.8. The van der Waals surface area contributed by atoms with Gasteiger partial charge in [-0.1, -0.05) is 54.0 Å². The molecule has 0 spiro atoms. The van der Waals surface area contributed by atoms with Gasteiger partial charge in [0.2, 0.25) is 0 Å². The molecule has 1 aromatic rings. The smallest absolute Gasteiger partial charge is 0.149 e. The number of rotatable bonds is 2. The highest BCUT2D eigenvalue weighted by Gasteiger charge is 2.43. The van der Waals surface area contributed by atoms with Gasteiger partial charge in [-0.3, -0.25) is 9.80 Å². The van der Waals surface area contributed by atoms with E-state index in [0.29, 0.717) is 20.1 Å². The highest BCUT2D eigenvalue weighted by molar-refractivity contribution is 8.24. The largest absolute Gasteiger partial charge is 0.370 e. The molecule has 0 aromatic heterocycles. The van der Waals surface area contributed by atoms with Crippen LogP contribution in [0.2, 0.25) is 0 Å². The van der Waals surface area contributed by atoms with Crippen molar-refractivity contribution in [3.05, 3.63) is 23.8 Å². The van der Waals surface area contributed by atoms with Gasteiger partial charge in [-0.25, -0.2) is 0 Å². The Morgan fingerprint density at radius 2 is 1.35 bits per heavy atom. The molecular weight excluding hydrogens is 368 g/mol. The third-order valence-electron chi connectivity index (χ3n) is 4.03. The fourth-order valence-corrected chi connectivity index (χ4v) is 5.70. The van der Waals surface area contributed by atoms with E-state index in [4.69, 9.17) is 24.4 Å². The molecule has 0 radical (unpaired) electrons. The Kier molecular flexibility index (Phi) is 4.44. The molecule has 0 aliphatic carbocycles. The molecule has 1 aromatic carbocycles. The number of thioether (sulfide) groups is 2. The van der Waals surface area contributed by atoms with Gasteiger partial charge in [-0.15, -0.1) is 0 Å². The van der Waals surface area contributed by atoms with Gasteiger partial charge in [0.1, 0.15) is 20.1 Å². The van der Waals surface area contributed by atoms with Crippen molar-refractivity contribution in [3.8, 4) is 0 Å². The maximum Gasteiger partial charge on any atom is 0.149 e. The van der Waals surface area contributed by atoms with Crippen molar-refractivity contribution in [1.82, 2.24) is 0 Å². The Morgan fingerprint density at radius 1 is 0.957 bits per heavy atom. The lowest BCUT2D eigenvalue weighted by atomic mass is 10.1. The molecule has 0 saturated carbocycles. The van der Waals surface area contributed by atoms with Crippen LogP contribution in [0.25, 0.3) is 0 Å². The number of hydrogen-bond acceptors (Lipinski definition) is 6. The van der Waals surface area contributed by atoms with Crippen LogP contribution in [0.1, 0.15) is 19.4 Å². The Bertz CT molecular complexity index is 636. The van der Waals surface area contributed by atoms with Gasteiger partial charge < -0.3 is 10.2 Å². The molecule has 2 aliphatic heterocycles. The van der Waals surface area contributed by atoms with Crippen LogP contribution in [0.15, 0.2) is 18.2 Å². The van der Waals surface area contributed by atoms with E-state index in [2.05, 4.69) is 0 Å². The summed E-state index contributed by atoms with van der Waals surface area (Å²) in [5.41, 5.74) is 0.584. The van der Waals surface area contributed by atoms with E-state index in [-0.39, 0.29) is 0 Å². The highest BCUT2D eigenvalue weighted by atomic mass is 32.2. The molecule has 2 atom stereocenters. The summed E-state index contributed by atoms with van der Waals surface area (Å²) in [6.45, 7) is 5.49. The molecule has 8 heteroatoms. The first-order valence-corrected chi connectivity index (χ1v) is 9.92. The molecule has 0 amide bonds. The molecule has 2 aliphatic rings. The predicted molar refractivity (Wildman–Crippen MR) is 107 cm³/mol. The number of anilines is 2. The minimum atomic E-state index is -1.02. The van der Waals surface area contributed by atoms with Gasteiger partial charge in [0.15, 0.2) is 0 Å². The van der Waals surface area contributed by atoms with E-state index < -0.39 is 11.4 Å². The minimum absolute atomic E-state index is 0.533. The van der Waals surface area contributed by atoms with Crippen molar-refractivity contribution in [1.29, 1.82) is 0 Å². The first-order chi connectivity index (χ1) is 10.6. The van der Waals surface area contributed by atoms with Gasteiger partial charge in [0.05, 0.1) is 11.4 Å². The molecule has 4 nitrogen and oxygen atoms in total. The first kappa shape index (κ1) is 17.4. The summed E-state index contributed by atoms with van der Waals surface area (Å²) in [6.07, 6.45) is 0. The lowest BCUT2D eigenvalue weighted by Crippen LogP contribution is -2.46. The number of nitrogens with zero attached hydrogens (tertiary/aromatic N) is 2. The Labute approximate surface area is 155 Å². The lowest BCUT2D eigenvalue weighted by Gasteiger charge is -2.35. The summed E-state index contributed by atoms with van der Waals surface area (Å²) < 4.78 is 1.31. The third kappa shape index (κ3) is 2.89. The van der Waals surface area contributed by atoms with E-state index in [1.165, 1.54) is 23.5 Å². The van der Waals surface area contributed by atoms with Crippen LogP contribution in [-0.4, -0.2) is 41.8 Å². The van der Waals surface area contributed by atoms with Crippen molar-refractivity contribution >= 4 is 68.0 Å². The predicted octanol–water partition coefficient (Wildman–Crippen LogP) is 3.09. The quantitative estimate of drug-likeness (QED) is 0.752. The van der Waals surface area contributed by atoms with E-state index in [9.17, 15) is 10.2 Å². The van der Waals surface area contributed by atoms with Crippen molar-refractivity contribution in [3.63, 3.8) is 0 Å². The van der Waals surface area contributed by atoms with Crippen LogP contribution in [0, 0.1) is 6.92 Å². The topological polar surface area (TPSA) is 46.9 Å². The zero-order valence-electron chi connectivity index (χ0n) is 13.1. The maximum atomic E-state index is 10.6. The maximum absolute atomic E-state index is 10.6. The number of hydrogen-bond donors (Lipinski definition) is 2. The average Bonchev–Trinajstić information content (AvgIpc) is 2.88. The van der Waals surface area contributed by atoms with Crippen LogP contribution < -0.4 is 9.80 Å². The van der Waals surface area contributed by atoms with Crippen LogP contribution in [0.5, 0.6) is 0 Å². The molecule has 2 saturated heterocycles. The normalized spacial score (nSPS) is 31.3. The Balaban J connectivity index is 2.10. The van der Waals surface area contributed by atoms with E-state index in [0.717, 1.165) is 16.9 Å². The average molecular weight is 387 g/mol. The lowest BCUT2D eigenvalue weighted by molar-refractivity contribution is 0.0994. The second kappa shape index (κ2) is 5.86.